The second kappa shape index (κ2) is 11.7. The highest BCUT2D eigenvalue weighted by Crippen LogP contribution is 2.49. The van der Waals surface area contributed by atoms with E-state index in [0.29, 0.717) is 10.9 Å². The van der Waals surface area contributed by atoms with Crippen molar-refractivity contribution in [2.24, 2.45) is 16.9 Å². The lowest BCUT2D eigenvalue weighted by Gasteiger charge is -2.26. The molecule has 1 aliphatic rings. The second-order valence-electron chi connectivity index (χ2n) is 10.6. The van der Waals surface area contributed by atoms with Crippen molar-refractivity contribution in [2.45, 2.75) is 19.4 Å². The summed E-state index contributed by atoms with van der Waals surface area (Å²) in [5, 5.41) is 0.377. The largest absolute Gasteiger partial charge is 0.488 e. The molecule has 1 aliphatic carbocycles. The summed E-state index contributed by atoms with van der Waals surface area (Å²) in [6.45, 7) is 0.193. The molecule has 5 aromatic rings. The van der Waals surface area contributed by atoms with Gasteiger partial charge in [0, 0.05) is 29.4 Å². The van der Waals surface area contributed by atoms with Crippen LogP contribution in [0.2, 0.25) is 0 Å². The van der Waals surface area contributed by atoms with Gasteiger partial charge in [0.2, 0.25) is 11.8 Å². The summed E-state index contributed by atoms with van der Waals surface area (Å²) in [5.74, 6) is -3.31. The van der Waals surface area contributed by atoms with Gasteiger partial charge in [-0.3, -0.25) is 24.3 Å². The van der Waals surface area contributed by atoms with Crippen LogP contribution in [0.4, 0.5) is 20.2 Å². The van der Waals surface area contributed by atoms with E-state index in [1.54, 1.807) is 6.07 Å². The highest BCUT2D eigenvalue weighted by Gasteiger charge is 2.57. The number of amides is 3. The van der Waals surface area contributed by atoms with Gasteiger partial charge in [0.1, 0.15) is 29.3 Å². The quantitative estimate of drug-likeness (QED) is 0.189. The first kappa shape index (κ1) is 29.2. The van der Waals surface area contributed by atoms with Crippen LogP contribution in [0, 0.1) is 17.0 Å². The molecular formula is C34H26F2N4O5. The van der Waals surface area contributed by atoms with E-state index in [4.69, 9.17) is 20.9 Å². The van der Waals surface area contributed by atoms with Gasteiger partial charge in [-0.2, -0.15) is 0 Å². The third-order valence-electron chi connectivity index (χ3n) is 7.62. The van der Waals surface area contributed by atoms with E-state index in [1.807, 2.05) is 30.3 Å². The second-order valence-corrected chi connectivity index (χ2v) is 10.6. The molecule has 0 unspecified atom stereocenters. The number of ether oxygens (including phenoxy) is 2. The standard InChI is InChI=1S/C34H26F2N4O5/c35-21-6-8-22(9-7-21)40(33(43)34(13-14-34)32(38)42)23-10-11-29(26(36)16-23)45-28-12-15-39-27-18-30(25(31(37)41)17-24(27)28)44-19-20-4-2-1-3-5-20/h1-12,15-18H,13-14,19H2,(H2,37,41)(H2,38,42). The van der Waals surface area contributed by atoms with Crippen molar-refractivity contribution in [3.8, 4) is 17.2 Å². The van der Waals surface area contributed by atoms with Gasteiger partial charge in [0.15, 0.2) is 11.6 Å². The summed E-state index contributed by atoms with van der Waals surface area (Å²) in [5.41, 5.74) is 11.5. The normalized spacial score (nSPS) is 13.2. The number of aromatic nitrogens is 1. The molecule has 3 amide bonds. The Balaban J connectivity index is 1.32. The van der Waals surface area contributed by atoms with Crippen LogP contribution in [0.15, 0.2) is 97.2 Å². The monoisotopic (exact) mass is 608 g/mol. The van der Waals surface area contributed by atoms with Crippen molar-refractivity contribution in [2.75, 3.05) is 4.90 Å². The molecule has 0 saturated heterocycles. The van der Waals surface area contributed by atoms with E-state index in [0.717, 1.165) is 28.7 Å². The van der Waals surface area contributed by atoms with Gasteiger partial charge in [-0.1, -0.05) is 30.3 Å². The first-order valence-electron chi connectivity index (χ1n) is 13.9. The highest BCUT2D eigenvalue weighted by molar-refractivity contribution is 6.16. The Morgan fingerprint density at radius 2 is 1.53 bits per heavy atom. The van der Waals surface area contributed by atoms with Crippen LogP contribution >= 0.6 is 0 Å². The van der Waals surface area contributed by atoms with Crippen LogP contribution in [0.3, 0.4) is 0 Å². The Bertz CT molecular complexity index is 1950. The first-order valence-corrected chi connectivity index (χ1v) is 13.9. The molecule has 9 nitrogen and oxygen atoms in total. The number of fused-ring (bicyclic) bond motifs is 1. The number of hydrogen-bond donors (Lipinski definition) is 2. The molecular weight excluding hydrogens is 582 g/mol. The van der Waals surface area contributed by atoms with Crippen molar-refractivity contribution < 1.29 is 32.6 Å². The predicted octanol–water partition coefficient (Wildman–Crippen LogP) is 5.91. The van der Waals surface area contributed by atoms with Gasteiger partial charge in [-0.05, 0) is 66.9 Å². The number of primary amides is 2. The van der Waals surface area contributed by atoms with E-state index in [9.17, 15) is 18.8 Å². The zero-order valence-corrected chi connectivity index (χ0v) is 23.7. The summed E-state index contributed by atoms with van der Waals surface area (Å²) < 4.78 is 41.1. The van der Waals surface area contributed by atoms with Gasteiger partial charge in [-0.25, -0.2) is 8.78 Å². The number of carbonyl (C=O) groups is 3. The first-order chi connectivity index (χ1) is 21.7. The van der Waals surface area contributed by atoms with Crippen molar-refractivity contribution >= 4 is 40.0 Å². The number of carbonyl (C=O) groups excluding carboxylic acids is 3. The SMILES string of the molecule is NC(=O)c1cc2c(Oc3ccc(N(C(=O)C4(C(N)=O)CC4)c4ccc(F)cc4)cc3F)ccnc2cc1OCc1ccccc1. The van der Waals surface area contributed by atoms with Crippen LogP contribution in [-0.2, 0) is 16.2 Å². The lowest BCUT2D eigenvalue weighted by Crippen LogP contribution is -2.41. The summed E-state index contributed by atoms with van der Waals surface area (Å²) in [6.07, 6.45) is 1.97. The van der Waals surface area contributed by atoms with Gasteiger partial charge in [-0.15, -0.1) is 0 Å². The maximum absolute atomic E-state index is 15.6. The van der Waals surface area contributed by atoms with Crippen LogP contribution in [-0.4, -0.2) is 22.7 Å². The smallest absolute Gasteiger partial charge is 0.252 e. The Labute approximate surface area is 256 Å². The van der Waals surface area contributed by atoms with E-state index in [2.05, 4.69) is 4.98 Å². The predicted molar refractivity (Wildman–Crippen MR) is 162 cm³/mol. The molecule has 4 N–H and O–H groups in total. The third-order valence-corrected chi connectivity index (χ3v) is 7.62. The lowest BCUT2D eigenvalue weighted by molar-refractivity contribution is -0.133. The van der Waals surface area contributed by atoms with E-state index in [-0.39, 0.29) is 53.6 Å². The number of benzene rings is 4. The van der Waals surface area contributed by atoms with Crippen LogP contribution in [0.25, 0.3) is 10.9 Å². The van der Waals surface area contributed by atoms with Crippen molar-refractivity contribution in [3.63, 3.8) is 0 Å². The fourth-order valence-electron chi connectivity index (χ4n) is 4.99. The van der Waals surface area contributed by atoms with Crippen molar-refractivity contribution in [3.05, 3.63) is 120 Å². The van der Waals surface area contributed by atoms with Crippen LogP contribution in [0.1, 0.15) is 28.8 Å². The minimum absolute atomic E-state index is 0.0831. The third kappa shape index (κ3) is 5.75. The molecule has 45 heavy (non-hydrogen) atoms. The van der Waals surface area contributed by atoms with E-state index >= 15 is 4.39 Å². The molecule has 0 bridgehead atoms. The molecule has 4 aromatic carbocycles. The molecule has 11 heteroatoms. The molecule has 0 atom stereocenters. The fourth-order valence-corrected chi connectivity index (χ4v) is 4.99. The molecule has 1 heterocycles. The summed E-state index contributed by atoms with van der Waals surface area (Å²) >= 11 is 0. The average molecular weight is 609 g/mol. The molecule has 1 aromatic heterocycles. The highest BCUT2D eigenvalue weighted by atomic mass is 19.1. The molecule has 6 rings (SSSR count). The minimum atomic E-state index is -1.42. The molecule has 1 fully saturated rings. The molecule has 226 valence electrons. The number of pyridine rings is 1. The van der Waals surface area contributed by atoms with Gasteiger partial charge in [0.25, 0.3) is 5.91 Å². The van der Waals surface area contributed by atoms with E-state index < -0.39 is 34.8 Å². The summed E-state index contributed by atoms with van der Waals surface area (Å²) in [7, 11) is 0. The molecule has 1 saturated carbocycles. The Morgan fingerprint density at radius 3 is 2.18 bits per heavy atom. The fraction of sp³-hybridized carbons (Fsp3) is 0.118. The number of rotatable bonds is 10. The van der Waals surface area contributed by atoms with Crippen LogP contribution in [0.5, 0.6) is 17.2 Å². The average Bonchev–Trinajstić information content (AvgIpc) is 3.85. The lowest BCUT2D eigenvalue weighted by atomic mass is 10.0. The maximum atomic E-state index is 15.6. The molecule has 0 spiro atoms. The Morgan fingerprint density at radius 1 is 0.822 bits per heavy atom. The van der Waals surface area contributed by atoms with Gasteiger partial charge in [0.05, 0.1) is 16.8 Å². The summed E-state index contributed by atoms with van der Waals surface area (Å²) in [4.78, 5) is 43.5. The van der Waals surface area contributed by atoms with E-state index in [1.165, 1.54) is 42.6 Å². The summed E-state index contributed by atoms with van der Waals surface area (Å²) in [6, 6.07) is 22.7. The topological polar surface area (TPSA) is 138 Å². The van der Waals surface area contributed by atoms with Crippen LogP contribution < -0.4 is 25.8 Å². The van der Waals surface area contributed by atoms with Gasteiger partial charge < -0.3 is 20.9 Å². The number of halogens is 2. The van der Waals surface area contributed by atoms with Gasteiger partial charge >= 0.3 is 0 Å². The van der Waals surface area contributed by atoms with Crippen molar-refractivity contribution in [1.29, 1.82) is 0 Å². The zero-order valence-electron chi connectivity index (χ0n) is 23.7. The van der Waals surface area contributed by atoms with Crippen molar-refractivity contribution in [1.82, 2.24) is 4.98 Å². The number of anilines is 2. The number of nitrogens with zero attached hydrogens (tertiary/aromatic N) is 2. The molecule has 0 aliphatic heterocycles. The minimum Gasteiger partial charge on any atom is -0.488 e. The number of hydrogen-bond acceptors (Lipinski definition) is 6. The molecule has 0 radical (unpaired) electrons. The Kier molecular flexibility index (Phi) is 7.59. The number of nitrogens with two attached hydrogens (primary N) is 2. The zero-order chi connectivity index (χ0) is 31.7. The Hall–Kier alpha value is -5.84. The maximum Gasteiger partial charge on any atom is 0.252 e.